The second-order valence-corrected chi connectivity index (χ2v) is 5.27. The highest BCUT2D eigenvalue weighted by molar-refractivity contribution is 6.31. The summed E-state index contributed by atoms with van der Waals surface area (Å²) in [5.74, 6) is 0.0206. The molecule has 1 aromatic rings. The first-order valence-corrected chi connectivity index (χ1v) is 6.98. The summed E-state index contributed by atoms with van der Waals surface area (Å²) in [4.78, 5) is 14.4. The summed E-state index contributed by atoms with van der Waals surface area (Å²) in [5, 5.41) is 6.92. The molecule has 1 aliphatic heterocycles. The topological polar surface area (TPSA) is 44.4 Å². The SMILES string of the molecule is Cc1c(Cl)cccc1NC(=O)C(C)N1CCNCC1. The number of rotatable bonds is 3. The van der Waals surface area contributed by atoms with Gasteiger partial charge < -0.3 is 10.6 Å². The van der Waals surface area contributed by atoms with Crippen LogP contribution in [0.2, 0.25) is 5.02 Å². The third-order valence-electron chi connectivity index (χ3n) is 3.60. The molecule has 0 aliphatic carbocycles. The van der Waals surface area contributed by atoms with Crippen molar-refractivity contribution in [1.29, 1.82) is 0 Å². The molecule has 0 aromatic heterocycles. The molecule has 1 fully saturated rings. The smallest absolute Gasteiger partial charge is 0.241 e. The van der Waals surface area contributed by atoms with Gasteiger partial charge >= 0.3 is 0 Å². The number of nitrogens with zero attached hydrogens (tertiary/aromatic N) is 1. The van der Waals surface area contributed by atoms with E-state index in [1.54, 1.807) is 0 Å². The Balaban J connectivity index is 2.01. The largest absolute Gasteiger partial charge is 0.324 e. The molecular formula is C14H20ClN3O. The number of piperazine rings is 1. The fraction of sp³-hybridized carbons (Fsp3) is 0.500. The average molecular weight is 282 g/mol. The lowest BCUT2D eigenvalue weighted by Crippen LogP contribution is -2.51. The Morgan fingerprint density at radius 1 is 1.42 bits per heavy atom. The van der Waals surface area contributed by atoms with Crippen LogP contribution in [-0.4, -0.2) is 43.0 Å². The summed E-state index contributed by atoms with van der Waals surface area (Å²) in [5.41, 5.74) is 1.70. The highest BCUT2D eigenvalue weighted by atomic mass is 35.5. The Kier molecular flexibility index (Phi) is 4.80. The molecule has 1 aliphatic rings. The zero-order valence-corrected chi connectivity index (χ0v) is 12.1. The Morgan fingerprint density at radius 2 is 2.11 bits per heavy atom. The number of benzene rings is 1. The van der Waals surface area contributed by atoms with Crippen LogP contribution in [0, 0.1) is 6.92 Å². The number of hydrogen-bond donors (Lipinski definition) is 2. The van der Waals surface area contributed by atoms with Gasteiger partial charge in [-0.2, -0.15) is 0 Å². The Labute approximate surface area is 119 Å². The first-order valence-electron chi connectivity index (χ1n) is 6.60. The Morgan fingerprint density at radius 3 is 2.79 bits per heavy atom. The van der Waals surface area contributed by atoms with E-state index in [9.17, 15) is 4.79 Å². The molecule has 1 atom stereocenters. The average Bonchev–Trinajstić information content (AvgIpc) is 2.44. The van der Waals surface area contributed by atoms with Gasteiger partial charge in [0.25, 0.3) is 0 Å². The number of carbonyl (C=O) groups excluding carboxylic acids is 1. The molecule has 2 N–H and O–H groups in total. The summed E-state index contributed by atoms with van der Waals surface area (Å²) < 4.78 is 0. The van der Waals surface area contributed by atoms with Crippen molar-refractivity contribution in [2.24, 2.45) is 0 Å². The van der Waals surface area contributed by atoms with Crippen LogP contribution in [0.25, 0.3) is 0 Å². The van der Waals surface area contributed by atoms with E-state index in [4.69, 9.17) is 11.6 Å². The van der Waals surface area contributed by atoms with Crippen molar-refractivity contribution < 1.29 is 4.79 Å². The molecule has 1 aromatic carbocycles. The van der Waals surface area contributed by atoms with Gasteiger partial charge in [0.1, 0.15) is 0 Å². The van der Waals surface area contributed by atoms with Crippen molar-refractivity contribution in [2.75, 3.05) is 31.5 Å². The summed E-state index contributed by atoms with van der Waals surface area (Å²) in [6.07, 6.45) is 0. The number of hydrogen-bond acceptors (Lipinski definition) is 3. The number of nitrogens with one attached hydrogen (secondary N) is 2. The normalized spacial score (nSPS) is 18.1. The minimum atomic E-state index is -0.125. The van der Waals surface area contributed by atoms with E-state index in [0.29, 0.717) is 5.02 Å². The van der Waals surface area contributed by atoms with Crippen LogP contribution in [-0.2, 0) is 4.79 Å². The summed E-state index contributed by atoms with van der Waals surface area (Å²) >= 11 is 6.06. The van der Waals surface area contributed by atoms with Gasteiger partial charge in [-0.15, -0.1) is 0 Å². The van der Waals surface area contributed by atoms with E-state index >= 15 is 0 Å². The Hall–Kier alpha value is -1.10. The third kappa shape index (κ3) is 3.47. The molecule has 1 unspecified atom stereocenters. The fourth-order valence-electron chi connectivity index (χ4n) is 2.22. The molecule has 1 heterocycles. The molecule has 0 spiro atoms. The lowest BCUT2D eigenvalue weighted by atomic mass is 10.1. The van der Waals surface area contributed by atoms with Crippen LogP contribution in [0.1, 0.15) is 12.5 Å². The molecule has 1 amide bonds. The fourth-order valence-corrected chi connectivity index (χ4v) is 2.39. The lowest BCUT2D eigenvalue weighted by molar-refractivity contribution is -0.120. The van der Waals surface area contributed by atoms with Crippen LogP contribution in [0.4, 0.5) is 5.69 Å². The standard InChI is InChI=1S/C14H20ClN3O/c1-10-12(15)4-3-5-13(10)17-14(19)11(2)18-8-6-16-7-9-18/h3-5,11,16H,6-9H2,1-2H3,(H,17,19). The molecule has 2 rings (SSSR count). The number of amides is 1. The molecular weight excluding hydrogens is 262 g/mol. The van der Waals surface area contributed by atoms with Crippen LogP contribution in [0.3, 0.4) is 0 Å². The highest BCUT2D eigenvalue weighted by Gasteiger charge is 2.23. The van der Waals surface area contributed by atoms with E-state index in [-0.39, 0.29) is 11.9 Å². The van der Waals surface area contributed by atoms with Gasteiger partial charge in [-0.05, 0) is 31.5 Å². The number of anilines is 1. The monoisotopic (exact) mass is 281 g/mol. The van der Waals surface area contributed by atoms with Gasteiger partial charge in [0.05, 0.1) is 6.04 Å². The number of halogens is 1. The minimum absolute atomic E-state index is 0.0206. The van der Waals surface area contributed by atoms with E-state index < -0.39 is 0 Å². The van der Waals surface area contributed by atoms with Gasteiger partial charge in [-0.25, -0.2) is 0 Å². The Bertz CT molecular complexity index is 458. The van der Waals surface area contributed by atoms with Crippen molar-refractivity contribution in [3.63, 3.8) is 0 Å². The predicted octanol–water partition coefficient (Wildman–Crippen LogP) is 1.88. The minimum Gasteiger partial charge on any atom is -0.324 e. The molecule has 4 nitrogen and oxygen atoms in total. The van der Waals surface area contributed by atoms with E-state index in [2.05, 4.69) is 15.5 Å². The maximum Gasteiger partial charge on any atom is 0.241 e. The molecule has 0 radical (unpaired) electrons. The molecule has 104 valence electrons. The van der Waals surface area contributed by atoms with Crippen LogP contribution < -0.4 is 10.6 Å². The van der Waals surface area contributed by atoms with Gasteiger partial charge in [0, 0.05) is 36.9 Å². The quantitative estimate of drug-likeness (QED) is 0.889. The van der Waals surface area contributed by atoms with Gasteiger partial charge in [0.2, 0.25) is 5.91 Å². The second-order valence-electron chi connectivity index (χ2n) is 4.86. The zero-order valence-electron chi connectivity index (χ0n) is 11.4. The van der Waals surface area contributed by atoms with Crippen molar-refractivity contribution in [3.05, 3.63) is 28.8 Å². The third-order valence-corrected chi connectivity index (χ3v) is 4.01. The summed E-state index contributed by atoms with van der Waals surface area (Å²) in [7, 11) is 0. The number of carbonyl (C=O) groups is 1. The van der Waals surface area contributed by atoms with Crippen LogP contribution >= 0.6 is 11.6 Å². The van der Waals surface area contributed by atoms with Crippen molar-refractivity contribution >= 4 is 23.2 Å². The zero-order chi connectivity index (χ0) is 13.8. The summed E-state index contributed by atoms with van der Waals surface area (Å²) in [6, 6.07) is 5.43. The molecule has 5 heteroatoms. The molecule has 19 heavy (non-hydrogen) atoms. The molecule has 1 saturated heterocycles. The van der Waals surface area contributed by atoms with Gasteiger partial charge in [-0.3, -0.25) is 9.69 Å². The summed E-state index contributed by atoms with van der Waals surface area (Å²) in [6.45, 7) is 7.54. The van der Waals surface area contributed by atoms with Crippen LogP contribution in [0.5, 0.6) is 0 Å². The van der Waals surface area contributed by atoms with Crippen molar-refractivity contribution in [3.8, 4) is 0 Å². The van der Waals surface area contributed by atoms with E-state index in [0.717, 1.165) is 37.4 Å². The lowest BCUT2D eigenvalue weighted by Gasteiger charge is -2.31. The molecule has 0 bridgehead atoms. The maximum absolute atomic E-state index is 12.3. The van der Waals surface area contributed by atoms with Gasteiger partial charge in [-0.1, -0.05) is 17.7 Å². The first kappa shape index (κ1) is 14.3. The maximum atomic E-state index is 12.3. The van der Waals surface area contributed by atoms with E-state index in [1.807, 2.05) is 32.0 Å². The predicted molar refractivity (Wildman–Crippen MR) is 78.7 cm³/mol. The van der Waals surface area contributed by atoms with Gasteiger partial charge in [0.15, 0.2) is 0 Å². The first-order chi connectivity index (χ1) is 9.09. The van der Waals surface area contributed by atoms with Crippen molar-refractivity contribution in [2.45, 2.75) is 19.9 Å². The van der Waals surface area contributed by atoms with Crippen molar-refractivity contribution in [1.82, 2.24) is 10.2 Å². The molecule has 0 saturated carbocycles. The van der Waals surface area contributed by atoms with E-state index in [1.165, 1.54) is 0 Å². The van der Waals surface area contributed by atoms with Crippen LogP contribution in [0.15, 0.2) is 18.2 Å². The highest BCUT2D eigenvalue weighted by Crippen LogP contribution is 2.23. The second kappa shape index (κ2) is 6.37.